The summed E-state index contributed by atoms with van der Waals surface area (Å²) in [7, 11) is 1.41. The van der Waals surface area contributed by atoms with E-state index in [1.807, 2.05) is 12.1 Å². The Morgan fingerprint density at radius 2 is 1.93 bits per heavy atom. The average Bonchev–Trinajstić information content (AvgIpc) is 3.28. The molecular weight excluding hydrogens is 376 g/mol. The Kier molecular flexibility index (Phi) is 3.61. The second kappa shape index (κ2) is 6.05. The highest BCUT2D eigenvalue weighted by Gasteiger charge is 2.70. The number of nitrogens with zero attached hydrogens (tertiary/aromatic N) is 1. The molecule has 1 N–H and O–H groups in total. The zero-order chi connectivity index (χ0) is 20.5. The van der Waals surface area contributed by atoms with Crippen molar-refractivity contribution in [3.63, 3.8) is 0 Å². The SMILES string of the molecule is COC(=O)C1=C2Nc3ccccc3[C@@]23CC[N+]2(Cc4ccccc4)CC(=O)[C@@H]1C[C@@H]32. The molecular formula is C25H25N2O3+. The van der Waals surface area contributed by atoms with Gasteiger partial charge < -0.3 is 14.5 Å². The molecule has 0 radical (unpaired) electrons. The number of para-hydroxylation sites is 1. The maximum atomic E-state index is 13.4. The lowest BCUT2D eigenvalue weighted by atomic mass is 9.62. The second-order valence-corrected chi connectivity index (χ2v) is 9.19. The average molecular weight is 401 g/mol. The Labute approximate surface area is 175 Å². The number of ether oxygens (including phenoxy) is 1. The highest BCUT2D eigenvalue weighted by atomic mass is 16.5. The van der Waals surface area contributed by atoms with Crippen LogP contribution in [0.3, 0.4) is 0 Å². The van der Waals surface area contributed by atoms with Crippen molar-refractivity contribution in [1.82, 2.24) is 0 Å². The van der Waals surface area contributed by atoms with Crippen molar-refractivity contribution < 1.29 is 18.8 Å². The number of anilines is 1. The predicted molar refractivity (Wildman–Crippen MR) is 112 cm³/mol. The number of carbonyl (C=O) groups excluding carboxylic acids is 2. The zero-order valence-electron chi connectivity index (χ0n) is 17.1. The maximum absolute atomic E-state index is 13.4. The molecule has 0 aromatic heterocycles. The van der Waals surface area contributed by atoms with Crippen LogP contribution < -0.4 is 5.32 Å². The van der Waals surface area contributed by atoms with Crippen LogP contribution in [0.5, 0.6) is 0 Å². The van der Waals surface area contributed by atoms with Crippen LogP contribution >= 0.6 is 0 Å². The number of hydrogen-bond donors (Lipinski definition) is 1. The molecule has 30 heavy (non-hydrogen) atoms. The number of ketones is 1. The van der Waals surface area contributed by atoms with Gasteiger partial charge in [0.25, 0.3) is 0 Å². The lowest BCUT2D eigenvalue weighted by molar-refractivity contribution is -0.950. The van der Waals surface area contributed by atoms with Gasteiger partial charge in [0.2, 0.25) is 0 Å². The van der Waals surface area contributed by atoms with Crippen LogP contribution in [0.25, 0.3) is 0 Å². The van der Waals surface area contributed by atoms with E-state index < -0.39 is 0 Å². The number of rotatable bonds is 3. The van der Waals surface area contributed by atoms with Crippen molar-refractivity contribution in [2.45, 2.75) is 30.8 Å². The quantitative estimate of drug-likeness (QED) is 0.634. The van der Waals surface area contributed by atoms with Crippen LogP contribution in [0.2, 0.25) is 0 Å². The molecule has 6 rings (SSSR count). The molecule has 5 nitrogen and oxygen atoms in total. The number of nitrogens with one attached hydrogen (secondary N) is 1. The van der Waals surface area contributed by atoms with Crippen molar-refractivity contribution in [2.75, 3.05) is 25.5 Å². The largest absolute Gasteiger partial charge is 0.466 e. The number of benzene rings is 2. The van der Waals surface area contributed by atoms with Gasteiger partial charge in [-0.3, -0.25) is 4.79 Å². The fourth-order valence-electron chi connectivity index (χ4n) is 6.85. The summed E-state index contributed by atoms with van der Waals surface area (Å²) in [5, 5.41) is 3.57. The molecule has 4 aliphatic rings. The molecule has 2 aromatic rings. The zero-order valence-corrected chi connectivity index (χ0v) is 17.1. The van der Waals surface area contributed by atoms with Crippen LogP contribution in [0.15, 0.2) is 65.9 Å². The topological polar surface area (TPSA) is 55.4 Å². The Hall–Kier alpha value is -2.92. The van der Waals surface area contributed by atoms with E-state index in [-0.39, 0.29) is 29.1 Å². The van der Waals surface area contributed by atoms with Gasteiger partial charge in [0.1, 0.15) is 19.1 Å². The smallest absolute Gasteiger partial charge is 0.336 e. The van der Waals surface area contributed by atoms with Crippen molar-refractivity contribution in [3.05, 3.63) is 77.0 Å². The van der Waals surface area contributed by atoms with Crippen LogP contribution in [0.1, 0.15) is 24.0 Å². The number of methoxy groups -OCH3 is 1. The van der Waals surface area contributed by atoms with E-state index in [4.69, 9.17) is 4.74 Å². The molecule has 2 saturated heterocycles. The van der Waals surface area contributed by atoms with Crippen molar-refractivity contribution in [1.29, 1.82) is 0 Å². The minimum atomic E-state index is -0.368. The predicted octanol–water partition coefficient (Wildman–Crippen LogP) is 3.17. The van der Waals surface area contributed by atoms with Gasteiger partial charge in [-0.15, -0.1) is 0 Å². The molecule has 2 bridgehead atoms. The molecule has 2 aromatic carbocycles. The Morgan fingerprint density at radius 1 is 1.17 bits per heavy atom. The minimum absolute atomic E-state index is 0.170. The monoisotopic (exact) mass is 401 g/mol. The number of quaternary nitrogens is 1. The Balaban J connectivity index is 1.58. The van der Waals surface area contributed by atoms with E-state index >= 15 is 0 Å². The molecule has 1 aliphatic carbocycles. The normalized spacial score (nSPS) is 33.0. The van der Waals surface area contributed by atoms with Crippen LogP contribution in [-0.2, 0) is 26.3 Å². The molecule has 3 heterocycles. The summed E-state index contributed by atoms with van der Waals surface area (Å²) in [6.45, 7) is 2.28. The van der Waals surface area contributed by atoms with Gasteiger partial charge >= 0.3 is 5.97 Å². The molecule has 3 aliphatic heterocycles. The first-order valence-electron chi connectivity index (χ1n) is 10.7. The number of Topliss-reactive ketones (excluding diaryl/α,β-unsaturated/α-hetero) is 1. The summed E-state index contributed by atoms with van der Waals surface area (Å²) in [5.74, 6) is -0.563. The van der Waals surface area contributed by atoms with Crippen LogP contribution in [0.4, 0.5) is 5.69 Å². The summed E-state index contributed by atoms with van der Waals surface area (Å²) in [6.07, 6.45) is 1.65. The highest BCUT2D eigenvalue weighted by molar-refractivity contribution is 6.01. The summed E-state index contributed by atoms with van der Waals surface area (Å²) in [5.41, 5.74) is 4.85. The molecule has 1 spiro atoms. The van der Waals surface area contributed by atoms with E-state index in [1.54, 1.807) is 0 Å². The van der Waals surface area contributed by atoms with E-state index in [9.17, 15) is 9.59 Å². The number of carbonyl (C=O) groups is 2. The third-order valence-electron chi connectivity index (χ3n) is 7.98. The lowest BCUT2D eigenvalue weighted by Crippen LogP contribution is -2.65. The summed E-state index contributed by atoms with van der Waals surface area (Å²) in [6, 6.07) is 19.2. The van der Waals surface area contributed by atoms with Crippen LogP contribution in [0, 0.1) is 5.92 Å². The second-order valence-electron chi connectivity index (χ2n) is 9.19. The van der Waals surface area contributed by atoms with Gasteiger partial charge in [-0.05, 0) is 11.6 Å². The third-order valence-corrected chi connectivity index (χ3v) is 7.98. The molecule has 152 valence electrons. The lowest BCUT2D eigenvalue weighted by Gasteiger charge is -2.51. The number of fused-ring (bicyclic) bond motifs is 2. The maximum Gasteiger partial charge on any atom is 0.336 e. The van der Waals surface area contributed by atoms with Gasteiger partial charge in [-0.2, -0.15) is 0 Å². The van der Waals surface area contributed by atoms with Gasteiger partial charge in [0.15, 0.2) is 5.78 Å². The highest BCUT2D eigenvalue weighted by Crippen LogP contribution is 2.62. The fourth-order valence-corrected chi connectivity index (χ4v) is 6.85. The van der Waals surface area contributed by atoms with Gasteiger partial charge in [-0.25, -0.2) is 4.79 Å². The van der Waals surface area contributed by atoms with Gasteiger partial charge in [0.05, 0.1) is 30.6 Å². The first-order chi connectivity index (χ1) is 14.6. The molecule has 0 amide bonds. The number of esters is 1. The molecule has 5 heteroatoms. The van der Waals surface area contributed by atoms with Gasteiger partial charge in [0, 0.05) is 29.8 Å². The van der Waals surface area contributed by atoms with Crippen molar-refractivity contribution >= 4 is 17.4 Å². The van der Waals surface area contributed by atoms with Crippen LogP contribution in [-0.4, -0.2) is 42.5 Å². The first kappa shape index (κ1) is 17.9. The van der Waals surface area contributed by atoms with E-state index in [2.05, 4.69) is 47.8 Å². The van der Waals surface area contributed by atoms with E-state index in [0.29, 0.717) is 12.1 Å². The van der Waals surface area contributed by atoms with Crippen molar-refractivity contribution in [2.24, 2.45) is 5.92 Å². The van der Waals surface area contributed by atoms with Gasteiger partial charge in [-0.1, -0.05) is 48.5 Å². The minimum Gasteiger partial charge on any atom is -0.466 e. The number of hydrogen-bond acceptors (Lipinski definition) is 4. The third kappa shape index (κ3) is 2.11. The number of piperidine rings is 1. The van der Waals surface area contributed by atoms with E-state index in [0.717, 1.165) is 41.8 Å². The summed E-state index contributed by atoms with van der Waals surface area (Å²) in [4.78, 5) is 26.3. The molecule has 2 fully saturated rings. The van der Waals surface area contributed by atoms with E-state index in [1.165, 1.54) is 18.2 Å². The van der Waals surface area contributed by atoms with Crippen molar-refractivity contribution in [3.8, 4) is 0 Å². The molecule has 0 saturated carbocycles. The molecule has 4 atom stereocenters. The summed E-state index contributed by atoms with van der Waals surface area (Å²) >= 11 is 0. The summed E-state index contributed by atoms with van der Waals surface area (Å²) < 4.78 is 5.95. The Bertz CT molecular complexity index is 1110. The Morgan fingerprint density at radius 3 is 2.73 bits per heavy atom. The standard InChI is InChI=1S/C25H24N2O3/c1-30-24(29)22-17-13-21-25(18-9-5-6-10-19(18)26-23(22)25)11-12-27(21,15-20(17)28)14-16-7-3-2-4-8-16/h2-10,17,21H,11-15H2,1H3/p+1/t17-,21-,25+,27?/m0/s1. The fraction of sp³-hybridized carbons (Fsp3) is 0.360. The molecule has 1 unspecified atom stereocenters. The first-order valence-corrected chi connectivity index (χ1v) is 10.7.